The molecule has 1 saturated heterocycles. The van der Waals surface area contributed by atoms with Crippen LogP contribution in [0.2, 0.25) is 0 Å². The molecule has 0 spiro atoms. The molecule has 3 nitrogen and oxygen atoms in total. The van der Waals surface area contributed by atoms with Gasteiger partial charge in [0.05, 0.1) is 0 Å². The van der Waals surface area contributed by atoms with Gasteiger partial charge in [-0.3, -0.25) is 0 Å². The third kappa shape index (κ3) is 0.854. The number of nitrogens with zero attached hydrogens (tertiary/aromatic N) is 1. The fourth-order valence-electron chi connectivity index (χ4n) is 0.452. The Morgan fingerprint density at radius 3 is 1.82 bits per heavy atom. The topological polar surface area (TPSA) is 29.5 Å². The largest absolute Gasteiger partial charge is 0.464 e. The zero-order valence-corrected chi connectivity index (χ0v) is 4.65. The maximum Gasteiger partial charge on any atom is 0.464 e. The highest BCUT2D eigenvalue weighted by atomic mass is 19.3. The lowest BCUT2D eigenvalue weighted by atomic mass is 10.4. The Bertz CT molecular complexity index is 204. The molecule has 1 aliphatic rings. The number of rotatable bonds is 0. The normalized spacial score (nSPS) is 26.1. The highest BCUT2D eigenvalue weighted by Crippen LogP contribution is 2.48. The van der Waals surface area contributed by atoms with E-state index in [9.17, 15) is 26.7 Å². The molecule has 0 atom stereocenters. The Balaban J connectivity index is 2.77. The molecule has 0 aliphatic carbocycles. The van der Waals surface area contributed by atoms with E-state index in [2.05, 4.69) is 4.84 Å². The number of carbonyl (C=O) groups is 1. The summed E-state index contributed by atoms with van der Waals surface area (Å²) in [6, 6.07) is -4.89. The Morgan fingerprint density at radius 2 is 1.73 bits per heavy atom. The highest BCUT2D eigenvalue weighted by Gasteiger charge is 2.76. The summed E-state index contributed by atoms with van der Waals surface area (Å²) in [5, 5.41) is -1.33. The van der Waals surface area contributed by atoms with Gasteiger partial charge in [-0.25, -0.2) is 4.79 Å². The zero-order valence-electron chi connectivity index (χ0n) is 4.65. The molecule has 0 unspecified atom stereocenters. The lowest BCUT2D eigenvalue weighted by Crippen LogP contribution is -2.69. The van der Waals surface area contributed by atoms with Crippen LogP contribution in [0.15, 0.2) is 0 Å². The van der Waals surface area contributed by atoms with Crippen molar-refractivity contribution in [1.29, 1.82) is 0 Å². The van der Waals surface area contributed by atoms with E-state index in [1.165, 1.54) is 0 Å². The van der Waals surface area contributed by atoms with Gasteiger partial charge in [-0.05, 0) is 0 Å². The first-order valence-electron chi connectivity index (χ1n) is 2.23. The van der Waals surface area contributed by atoms with Gasteiger partial charge in [0.15, 0.2) is 0 Å². The lowest BCUT2D eigenvalue weighted by Gasteiger charge is -2.41. The predicted molar refractivity (Wildman–Crippen MR) is 19.3 cm³/mol. The van der Waals surface area contributed by atoms with E-state index >= 15 is 0 Å². The van der Waals surface area contributed by atoms with Crippen LogP contribution in [0.3, 0.4) is 0 Å². The Kier molecular flexibility index (Phi) is 1.35. The van der Waals surface area contributed by atoms with E-state index in [-0.39, 0.29) is 0 Å². The molecular weight excluding hydrogens is 177 g/mol. The number of hydrogen-bond acceptors (Lipinski definition) is 2. The van der Waals surface area contributed by atoms with E-state index in [0.29, 0.717) is 0 Å². The van der Waals surface area contributed by atoms with Crippen molar-refractivity contribution in [2.45, 2.75) is 12.2 Å². The summed E-state index contributed by atoms with van der Waals surface area (Å²) in [6.45, 7) is 0. The van der Waals surface area contributed by atoms with Gasteiger partial charge >= 0.3 is 18.3 Å². The Morgan fingerprint density at radius 1 is 1.27 bits per heavy atom. The number of amides is 1. The minimum atomic E-state index is -4.89. The molecule has 64 valence electrons. The number of alkyl halides is 4. The average molecular weight is 177 g/mol. The Labute approximate surface area is 56.3 Å². The van der Waals surface area contributed by atoms with E-state index in [1.54, 1.807) is 0 Å². The molecule has 1 amide bonds. The van der Waals surface area contributed by atoms with Crippen LogP contribution in [-0.4, -0.2) is 23.4 Å². The standard InChI is InChI=1S/C3F5NO2/c4-1(10)9-2(5,6)3(7,8)11-9. The van der Waals surface area contributed by atoms with Crippen LogP contribution in [0.25, 0.3) is 0 Å². The molecule has 0 N–H and O–H groups in total. The summed E-state index contributed by atoms with van der Waals surface area (Å²) in [4.78, 5) is 12.3. The summed E-state index contributed by atoms with van der Waals surface area (Å²) in [6.07, 6.45) is -7.56. The number of hydroxylamine groups is 2. The Hall–Kier alpha value is -0.920. The molecule has 0 aromatic heterocycles. The molecule has 8 heteroatoms. The lowest BCUT2D eigenvalue weighted by molar-refractivity contribution is -0.572. The SMILES string of the molecule is O=C(F)N1OC(F)(F)C1(F)F. The van der Waals surface area contributed by atoms with E-state index in [4.69, 9.17) is 0 Å². The highest BCUT2D eigenvalue weighted by molar-refractivity contribution is 5.66. The molecule has 0 radical (unpaired) electrons. The molecule has 0 saturated carbocycles. The minimum absolute atomic E-state index is 1.33. The molecule has 1 rings (SSSR count). The summed E-state index contributed by atoms with van der Waals surface area (Å²) in [7, 11) is 0. The number of hydrogen-bond donors (Lipinski definition) is 0. The minimum Gasteiger partial charge on any atom is -0.231 e. The fraction of sp³-hybridized carbons (Fsp3) is 0.667. The van der Waals surface area contributed by atoms with E-state index in [1.807, 2.05) is 0 Å². The van der Waals surface area contributed by atoms with Crippen LogP contribution in [0.4, 0.5) is 26.7 Å². The van der Waals surface area contributed by atoms with Crippen molar-refractivity contribution in [1.82, 2.24) is 5.06 Å². The van der Waals surface area contributed by atoms with Crippen molar-refractivity contribution in [3.63, 3.8) is 0 Å². The summed E-state index contributed by atoms with van der Waals surface area (Å²) in [5.41, 5.74) is 0. The molecule has 1 fully saturated rings. The van der Waals surface area contributed by atoms with Gasteiger partial charge in [0.25, 0.3) is 0 Å². The summed E-state index contributed by atoms with van der Waals surface area (Å²) in [5.74, 6) is 0. The van der Waals surface area contributed by atoms with Crippen LogP contribution in [0.1, 0.15) is 0 Å². The smallest absolute Gasteiger partial charge is 0.231 e. The van der Waals surface area contributed by atoms with Crippen molar-refractivity contribution in [3.05, 3.63) is 0 Å². The predicted octanol–water partition coefficient (Wildman–Crippen LogP) is 1.51. The van der Waals surface area contributed by atoms with Crippen LogP contribution in [-0.2, 0) is 4.84 Å². The quantitative estimate of drug-likeness (QED) is 0.319. The molecule has 0 aromatic rings. The zero-order chi connectivity index (χ0) is 8.86. The molecule has 1 heterocycles. The van der Waals surface area contributed by atoms with Gasteiger partial charge in [-0.1, -0.05) is 0 Å². The third-order valence-corrected chi connectivity index (χ3v) is 0.971. The van der Waals surface area contributed by atoms with Crippen molar-refractivity contribution in [3.8, 4) is 0 Å². The van der Waals surface area contributed by atoms with Gasteiger partial charge in [-0.15, -0.1) is 9.45 Å². The van der Waals surface area contributed by atoms with Crippen LogP contribution >= 0.6 is 0 Å². The molecule has 0 bridgehead atoms. The van der Waals surface area contributed by atoms with Gasteiger partial charge in [0.1, 0.15) is 0 Å². The van der Waals surface area contributed by atoms with Crippen molar-refractivity contribution >= 4 is 6.16 Å². The van der Waals surface area contributed by atoms with Gasteiger partial charge in [0, 0.05) is 0 Å². The molecule has 0 aromatic carbocycles. The first-order valence-corrected chi connectivity index (χ1v) is 2.23. The summed E-state index contributed by atoms with van der Waals surface area (Å²) < 4.78 is 58.2. The fourth-order valence-corrected chi connectivity index (χ4v) is 0.452. The van der Waals surface area contributed by atoms with E-state index in [0.717, 1.165) is 0 Å². The first kappa shape index (κ1) is 8.18. The van der Waals surface area contributed by atoms with Gasteiger partial charge in [0.2, 0.25) is 0 Å². The van der Waals surface area contributed by atoms with Crippen molar-refractivity contribution in [2.75, 3.05) is 0 Å². The van der Waals surface area contributed by atoms with Crippen molar-refractivity contribution < 1.29 is 31.6 Å². The molecular formula is C3F5NO2. The summed E-state index contributed by atoms with van der Waals surface area (Å²) >= 11 is 0. The maximum absolute atomic E-state index is 11.8. The van der Waals surface area contributed by atoms with Gasteiger partial charge in [-0.2, -0.15) is 22.4 Å². The monoisotopic (exact) mass is 177 g/mol. The number of halogens is 5. The first-order chi connectivity index (χ1) is 4.79. The second-order valence-corrected chi connectivity index (χ2v) is 1.70. The second kappa shape index (κ2) is 1.81. The molecule has 11 heavy (non-hydrogen) atoms. The van der Waals surface area contributed by atoms with Crippen LogP contribution in [0, 0.1) is 0 Å². The average Bonchev–Trinajstić information content (AvgIpc) is 1.82. The maximum atomic E-state index is 11.8. The molecule has 1 aliphatic heterocycles. The van der Waals surface area contributed by atoms with Crippen LogP contribution in [0.5, 0.6) is 0 Å². The second-order valence-electron chi connectivity index (χ2n) is 1.70. The van der Waals surface area contributed by atoms with E-state index < -0.39 is 23.4 Å². The third-order valence-electron chi connectivity index (χ3n) is 0.971. The van der Waals surface area contributed by atoms with Gasteiger partial charge < -0.3 is 0 Å². The number of carbonyl (C=O) groups excluding carboxylic acids is 1. The van der Waals surface area contributed by atoms with Crippen LogP contribution < -0.4 is 0 Å². The van der Waals surface area contributed by atoms with Crippen molar-refractivity contribution in [2.24, 2.45) is 0 Å².